The molecule has 0 amide bonds. The fourth-order valence-electron chi connectivity index (χ4n) is 4.81. The second kappa shape index (κ2) is 7.39. The summed E-state index contributed by atoms with van der Waals surface area (Å²) in [5, 5.41) is 8.90. The van der Waals surface area contributed by atoms with Gasteiger partial charge in [-0.25, -0.2) is 4.79 Å². The van der Waals surface area contributed by atoms with Gasteiger partial charge in [-0.1, -0.05) is 51.2 Å². The molecule has 1 unspecified atom stereocenters. The molecule has 1 saturated carbocycles. The zero-order valence-corrected chi connectivity index (χ0v) is 19.5. The van der Waals surface area contributed by atoms with Gasteiger partial charge in [-0.15, -0.1) is 0 Å². The maximum Gasteiger partial charge on any atom is 0.328 e. The minimum absolute atomic E-state index is 0.0255. The molecule has 0 aromatic heterocycles. The van der Waals surface area contributed by atoms with Gasteiger partial charge in [-0.05, 0) is 79.2 Å². The van der Waals surface area contributed by atoms with Gasteiger partial charge in [-0.2, -0.15) is 0 Å². The molecule has 2 atom stereocenters. The van der Waals surface area contributed by atoms with Crippen molar-refractivity contribution in [2.24, 2.45) is 5.92 Å². The van der Waals surface area contributed by atoms with E-state index in [2.05, 4.69) is 64.7 Å². The van der Waals surface area contributed by atoms with Crippen molar-refractivity contribution in [3.63, 3.8) is 0 Å². The molecular weight excluding hydrogens is 378 g/mol. The lowest BCUT2D eigenvalue weighted by molar-refractivity contribution is -0.131. The van der Waals surface area contributed by atoms with Crippen molar-refractivity contribution in [3.05, 3.63) is 52.6 Å². The van der Waals surface area contributed by atoms with Crippen molar-refractivity contribution < 1.29 is 9.90 Å². The minimum atomic E-state index is -0.897. The van der Waals surface area contributed by atoms with E-state index in [1.165, 1.54) is 28.5 Å². The quantitative estimate of drug-likeness (QED) is 0.362. The van der Waals surface area contributed by atoms with Gasteiger partial charge in [0.05, 0.1) is 4.99 Å². The van der Waals surface area contributed by atoms with Crippen LogP contribution in [0.4, 0.5) is 5.69 Å². The molecule has 4 heteroatoms. The molecule has 156 valence electrons. The first kappa shape index (κ1) is 21.8. The van der Waals surface area contributed by atoms with Crippen LogP contribution in [0.2, 0.25) is 0 Å². The number of aliphatic carboxylic acids is 1. The predicted octanol–water partition coefficient (Wildman–Crippen LogP) is 6.08. The number of hydrogen-bond donors (Lipinski definition) is 1. The van der Waals surface area contributed by atoms with Crippen LogP contribution < -0.4 is 4.90 Å². The van der Waals surface area contributed by atoms with Crippen molar-refractivity contribution in [1.29, 1.82) is 0 Å². The lowest BCUT2D eigenvalue weighted by Gasteiger charge is -2.43. The summed E-state index contributed by atoms with van der Waals surface area (Å²) >= 11 is 5.77. The van der Waals surface area contributed by atoms with Crippen LogP contribution in [0.15, 0.2) is 35.9 Å². The summed E-state index contributed by atoms with van der Waals surface area (Å²) in [5.41, 5.74) is 6.28. The van der Waals surface area contributed by atoms with Crippen molar-refractivity contribution >= 4 is 28.9 Å². The number of fused-ring (bicyclic) bond motifs is 1. The first-order chi connectivity index (χ1) is 13.4. The van der Waals surface area contributed by atoms with Crippen LogP contribution in [0.25, 0.3) is 0 Å². The van der Waals surface area contributed by atoms with Gasteiger partial charge in [0.15, 0.2) is 0 Å². The van der Waals surface area contributed by atoms with Gasteiger partial charge in [-0.3, -0.25) is 0 Å². The van der Waals surface area contributed by atoms with Crippen LogP contribution in [-0.4, -0.2) is 22.1 Å². The summed E-state index contributed by atoms with van der Waals surface area (Å²) in [5.74, 6) is -0.462. The van der Waals surface area contributed by atoms with Crippen molar-refractivity contribution in [2.75, 3.05) is 4.90 Å². The number of carboxylic acids is 1. The minimum Gasteiger partial charge on any atom is -0.478 e. The summed E-state index contributed by atoms with van der Waals surface area (Å²) in [4.78, 5) is 14.2. The maximum atomic E-state index is 10.8. The molecule has 1 heterocycles. The highest BCUT2D eigenvalue weighted by Gasteiger charge is 2.51. The molecule has 29 heavy (non-hydrogen) atoms. The van der Waals surface area contributed by atoms with Crippen LogP contribution in [0.5, 0.6) is 0 Å². The molecule has 1 aliphatic carbocycles. The number of thiocarbonyl (C=S) groups is 1. The monoisotopic (exact) mass is 411 g/mol. The Morgan fingerprint density at radius 1 is 1.28 bits per heavy atom. The second-order valence-corrected chi connectivity index (χ2v) is 10.4. The SMILES string of the molecule is CC(/C=C/C1C[C@]1(C)c1cc2c(cc1C)N(C(C)C)C(=S)CC2(C)C)=C\C(=O)O. The van der Waals surface area contributed by atoms with Gasteiger partial charge in [0.1, 0.15) is 0 Å². The third-order valence-corrected chi connectivity index (χ3v) is 6.91. The zero-order chi connectivity index (χ0) is 21.7. The number of hydrogen-bond acceptors (Lipinski definition) is 2. The molecule has 3 rings (SSSR count). The Bertz CT molecular complexity index is 925. The third kappa shape index (κ3) is 4.05. The predicted molar refractivity (Wildman–Crippen MR) is 125 cm³/mol. The molecule has 2 aliphatic rings. The first-order valence-corrected chi connectivity index (χ1v) is 10.8. The number of aryl methyl sites for hydroxylation is 1. The van der Waals surface area contributed by atoms with Gasteiger partial charge in [0, 0.05) is 24.2 Å². The van der Waals surface area contributed by atoms with E-state index in [-0.39, 0.29) is 10.8 Å². The van der Waals surface area contributed by atoms with E-state index in [0.717, 1.165) is 23.4 Å². The highest BCUT2D eigenvalue weighted by atomic mass is 32.1. The highest BCUT2D eigenvalue weighted by molar-refractivity contribution is 7.80. The van der Waals surface area contributed by atoms with Gasteiger partial charge in [0.2, 0.25) is 0 Å². The largest absolute Gasteiger partial charge is 0.478 e. The lowest BCUT2D eigenvalue weighted by Crippen LogP contribution is -2.44. The number of carboxylic acid groups (broad SMARTS) is 1. The molecule has 0 spiro atoms. The number of nitrogens with zero attached hydrogens (tertiary/aromatic N) is 1. The molecule has 1 aliphatic heterocycles. The highest BCUT2D eigenvalue weighted by Crippen LogP contribution is 2.57. The fraction of sp³-hybridized carbons (Fsp3) is 0.520. The first-order valence-electron chi connectivity index (χ1n) is 10.4. The van der Waals surface area contributed by atoms with Gasteiger partial charge >= 0.3 is 5.97 Å². The number of anilines is 1. The normalized spacial score (nSPS) is 26.2. The van der Waals surface area contributed by atoms with E-state index < -0.39 is 5.97 Å². The molecule has 3 nitrogen and oxygen atoms in total. The van der Waals surface area contributed by atoms with Crippen molar-refractivity contribution in [3.8, 4) is 0 Å². The number of allylic oxidation sites excluding steroid dienone is 3. The third-order valence-electron chi connectivity index (χ3n) is 6.57. The Kier molecular flexibility index (Phi) is 5.55. The van der Waals surface area contributed by atoms with E-state index in [9.17, 15) is 4.79 Å². The van der Waals surface area contributed by atoms with E-state index in [0.29, 0.717) is 12.0 Å². The smallest absolute Gasteiger partial charge is 0.328 e. The van der Waals surface area contributed by atoms with Crippen LogP contribution in [-0.2, 0) is 15.6 Å². The molecule has 1 aromatic rings. The fourth-order valence-corrected chi connectivity index (χ4v) is 5.48. The molecule has 0 bridgehead atoms. The number of carbonyl (C=O) groups is 1. The van der Waals surface area contributed by atoms with Crippen molar-refractivity contribution in [1.82, 2.24) is 0 Å². The summed E-state index contributed by atoms with van der Waals surface area (Å²) < 4.78 is 0. The molecule has 1 aromatic carbocycles. The molecule has 1 fully saturated rings. The van der Waals surface area contributed by atoms with Gasteiger partial charge in [0.25, 0.3) is 0 Å². The summed E-state index contributed by atoms with van der Waals surface area (Å²) in [6.07, 6.45) is 7.37. The molecular formula is C25H33NO2S. The Balaban J connectivity index is 1.98. The van der Waals surface area contributed by atoms with Crippen LogP contribution in [0, 0.1) is 12.8 Å². The van der Waals surface area contributed by atoms with E-state index in [1.807, 2.05) is 13.0 Å². The zero-order valence-electron chi connectivity index (χ0n) is 18.7. The van der Waals surface area contributed by atoms with Crippen LogP contribution in [0.3, 0.4) is 0 Å². The Hall–Kier alpha value is -1.94. The van der Waals surface area contributed by atoms with Crippen LogP contribution in [0.1, 0.15) is 71.1 Å². The summed E-state index contributed by atoms with van der Waals surface area (Å²) in [6, 6.07) is 5.10. The second-order valence-electron chi connectivity index (χ2n) is 9.92. The van der Waals surface area contributed by atoms with Gasteiger partial charge < -0.3 is 10.0 Å². The molecule has 0 saturated heterocycles. The van der Waals surface area contributed by atoms with E-state index >= 15 is 0 Å². The Labute approximate surface area is 180 Å². The average Bonchev–Trinajstić information content (AvgIpc) is 3.22. The lowest BCUT2D eigenvalue weighted by atomic mass is 9.74. The molecule has 0 radical (unpaired) electrons. The van der Waals surface area contributed by atoms with E-state index in [4.69, 9.17) is 17.3 Å². The maximum absolute atomic E-state index is 10.8. The summed E-state index contributed by atoms with van der Waals surface area (Å²) in [7, 11) is 0. The average molecular weight is 412 g/mol. The Morgan fingerprint density at radius 3 is 2.52 bits per heavy atom. The topological polar surface area (TPSA) is 40.5 Å². The van der Waals surface area contributed by atoms with Crippen molar-refractivity contribution in [2.45, 2.75) is 78.2 Å². The number of benzene rings is 1. The van der Waals surface area contributed by atoms with E-state index in [1.54, 1.807) is 0 Å². The summed E-state index contributed by atoms with van der Waals surface area (Å²) in [6.45, 7) is 15.4. The van der Waals surface area contributed by atoms with Crippen LogP contribution >= 0.6 is 12.2 Å². The Morgan fingerprint density at radius 2 is 1.93 bits per heavy atom. The number of rotatable bonds is 5. The standard InChI is InChI=1S/C25H33NO2S/c1-15(2)26-21-11-17(4)19(12-20(21)24(5,6)14-22(26)29)25(7)13-18(25)9-8-16(3)10-23(27)28/h8-12,15,18H,13-14H2,1-7H3,(H,27,28)/b9-8+,16-10+/t18?,25-/m0/s1. The molecule has 1 N–H and O–H groups in total.